The van der Waals surface area contributed by atoms with Gasteiger partial charge in [-0.25, -0.2) is 4.39 Å². The van der Waals surface area contributed by atoms with Crippen LogP contribution < -0.4 is 10.5 Å². The molecule has 2 N–H and O–H groups in total. The molecule has 0 unspecified atom stereocenters. The second-order valence-corrected chi connectivity index (χ2v) is 4.13. The van der Waals surface area contributed by atoms with E-state index >= 15 is 0 Å². The van der Waals surface area contributed by atoms with E-state index in [4.69, 9.17) is 10.5 Å². The number of pyridine rings is 1. The molecule has 1 heterocycles. The molecule has 0 spiro atoms. The molecule has 94 valence electrons. The molecule has 0 aliphatic carbocycles. The molecule has 1 aromatic heterocycles. The Hall–Kier alpha value is -1.94. The minimum atomic E-state index is -0.364. The Balaban J connectivity index is 2.11. The molecule has 0 bridgehead atoms. The molecule has 1 aromatic carbocycles. The van der Waals surface area contributed by atoms with Crippen LogP contribution in [0.25, 0.3) is 0 Å². The summed E-state index contributed by atoms with van der Waals surface area (Å²) >= 11 is 0. The number of rotatable bonds is 4. The van der Waals surface area contributed by atoms with Crippen LogP contribution in [0, 0.1) is 5.82 Å². The summed E-state index contributed by atoms with van der Waals surface area (Å²) in [6.45, 7) is 2.17. The molecule has 0 saturated heterocycles. The van der Waals surface area contributed by atoms with Gasteiger partial charge < -0.3 is 10.5 Å². The molecule has 2 rings (SSSR count). The summed E-state index contributed by atoms with van der Waals surface area (Å²) in [5, 5.41) is 0. The average Bonchev–Trinajstić information content (AvgIpc) is 2.37. The zero-order valence-corrected chi connectivity index (χ0v) is 10.1. The Morgan fingerprint density at radius 3 is 2.83 bits per heavy atom. The quantitative estimate of drug-likeness (QED) is 0.902. The summed E-state index contributed by atoms with van der Waals surface area (Å²) in [5.74, 6) is 0.355. The maximum absolute atomic E-state index is 13.0. The summed E-state index contributed by atoms with van der Waals surface area (Å²) < 4.78 is 18.6. The third kappa shape index (κ3) is 3.05. The number of aromatic nitrogens is 1. The van der Waals surface area contributed by atoms with Gasteiger partial charge in [-0.2, -0.15) is 0 Å². The topological polar surface area (TPSA) is 48.1 Å². The normalized spacial score (nSPS) is 12.2. The fourth-order valence-electron chi connectivity index (χ4n) is 1.68. The lowest BCUT2D eigenvalue weighted by Gasteiger charge is -2.13. The van der Waals surface area contributed by atoms with Gasteiger partial charge in [0.15, 0.2) is 0 Å². The van der Waals surface area contributed by atoms with Gasteiger partial charge in [-0.05, 0) is 19.1 Å². The number of hydrogen-bond acceptors (Lipinski definition) is 3. The minimum Gasteiger partial charge on any atom is -0.489 e. The van der Waals surface area contributed by atoms with Crippen LogP contribution in [-0.4, -0.2) is 4.98 Å². The first-order valence-electron chi connectivity index (χ1n) is 5.73. The number of ether oxygens (including phenoxy) is 1. The second kappa shape index (κ2) is 5.60. The van der Waals surface area contributed by atoms with Gasteiger partial charge in [0.05, 0.1) is 6.20 Å². The van der Waals surface area contributed by atoms with Crippen LogP contribution in [0.15, 0.2) is 42.7 Å². The van der Waals surface area contributed by atoms with Crippen LogP contribution in [0.4, 0.5) is 4.39 Å². The zero-order chi connectivity index (χ0) is 13.0. The standard InChI is InChI=1S/C14H15FN2O/c1-10(16)13-4-2-3-5-14(13)18-9-11-6-12(15)8-17-7-11/h2-8,10H,9,16H2,1H3/t10-/m0/s1. The monoisotopic (exact) mass is 246 g/mol. The zero-order valence-electron chi connectivity index (χ0n) is 10.1. The largest absolute Gasteiger partial charge is 0.489 e. The fourth-order valence-corrected chi connectivity index (χ4v) is 1.68. The van der Waals surface area contributed by atoms with E-state index in [1.54, 1.807) is 6.20 Å². The maximum atomic E-state index is 13.0. The lowest BCUT2D eigenvalue weighted by molar-refractivity contribution is 0.300. The van der Waals surface area contributed by atoms with E-state index in [-0.39, 0.29) is 18.5 Å². The van der Waals surface area contributed by atoms with Gasteiger partial charge >= 0.3 is 0 Å². The van der Waals surface area contributed by atoms with Crippen LogP contribution >= 0.6 is 0 Å². The highest BCUT2D eigenvalue weighted by Crippen LogP contribution is 2.24. The highest BCUT2D eigenvalue weighted by Gasteiger charge is 2.07. The molecule has 0 radical (unpaired) electrons. The van der Waals surface area contributed by atoms with Crippen molar-refractivity contribution in [3.05, 3.63) is 59.7 Å². The predicted octanol–water partition coefficient (Wildman–Crippen LogP) is 2.82. The Morgan fingerprint density at radius 2 is 2.11 bits per heavy atom. The Kier molecular flexibility index (Phi) is 3.89. The van der Waals surface area contributed by atoms with Crippen molar-refractivity contribution in [1.82, 2.24) is 4.98 Å². The Labute approximate surface area is 105 Å². The number of hydrogen-bond donors (Lipinski definition) is 1. The molecular formula is C14H15FN2O. The van der Waals surface area contributed by atoms with Gasteiger partial charge in [0, 0.05) is 23.4 Å². The molecule has 0 saturated carbocycles. The number of nitrogens with two attached hydrogens (primary N) is 1. The fraction of sp³-hybridized carbons (Fsp3) is 0.214. The van der Waals surface area contributed by atoms with Crippen molar-refractivity contribution in [2.24, 2.45) is 5.73 Å². The molecule has 2 aromatic rings. The molecule has 3 nitrogen and oxygen atoms in total. The number of benzene rings is 1. The lowest BCUT2D eigenvalue weighted by Crippen LogP contribution is -2.08. The van der Waals surface area contributed by atoms with Crippen molar-refractivity contribution in [2.45, 2.75) is 19.6 Å². The van der Waals surface area contributed by atoms with Gasteiger partial charge in [-0.1, -0.05) is 18.2 Å². The van der Waals surface area contributed by atoms with Crippen molar-refractivity contribution < 1.29 is 9.13 Å². The van der Waals surface area contributed by atoms with E-state index in [9.17, 15) is 4.39 Å². The minimum absolute atomic E-state index is 0.105. The number of halogens is 1. The smallest absolute Gasteiger partial charge is 0.141 e. The number of para-hydroxylation sites is 1. The van der Waals surface area contributed by atoms with Crippen molar-refractivity contribution >= 4 is 0 Å². The van der Waals surface area contributed by atoms with E-state index in [1.165, 1.54) is 12.3 Å². The van der Waals surface area contributed by atoms with Crippen LogP contribution in [0.5, 0.6) is 5.75 Å². The van der Waals surface area contributed by atoms with E-state index in [2.05, 4.69) is 4.98 Å². The molecule has 1 atom stereocenters. The second-order valence-electron chi connectivity index (χ2n) is 4.13. The average molecular weight is 246 g/mol. The van der Waals surface area contributed by atoms with Gasteiger partial charge in [0.25, 0.3) is 0 Å². The van der Waals surface area contributed by atoms with Crippen LogP contribution in [-0.2, 0) is 6.61 Å². The number of nitrogens with zero attached hydrogens (tertiary/aromatic N) is 1. The van der Waals surface area contributed by atoms with E-state index < -0.39 is 0 Å². The van der Waals surface area contributed by atoms with E-state index in [0.29, 0.717) is 5.56 Å². The molecule has 0 fully saturated rings. The molecule has 18 heavy (non-hydrogen) atoms. The third-order valence-corrected chi connectivity index (χ3v) is 2.57. The first-order chi connectivity index (χ1) is 8.66. The van der Waals surface area contributed by atoms with Crippen molar-refractivity contribution in [3.63, 3.8) is 0 Å². The van der Waals surface area contributed by atoms with Gasteiger partial charge in [0.1, 0.15) is 18.2 Å². The van der Waals surface area contributed by atoms with Gasteiger partial charge in [-0.15, -0.1) is 0 Å². The molecule has 0 amide bonds. The van der Waals surface area contributed by atoms with E-state index in [0.717, 1.165) is 11.3 Å². The van der Waals surface area contributed by atoms with Gasteiger partial charge in [0.2, 0.25) is 0 Å². The highest BCUT2D eigenvalue weighted by molar-refractivity contribution is 5.35. The van der Waals surface area contributed by atoms with Crippen molar-refractivity contribution in [1.29, 1.82) is 0 Å². The lowest BCUT2D eigenvalue weighted by atomic mass is 10.1. The van der Waals surface area contributed by atoms with E-state index in [1.807, 2.05) is 31.2 Å². The maximum Gasteiger partial charge on any atom is 0.141 e. The molecule has 0 aliphatic heterocycles. The SMILES string of the molecule is C[C@H](N)c1ccccc1OCc1cncc(F)c1. The summed E-state index contributed by atoms with van der Waals surface area (Å²) in [5.41, 5.74) is 7.48. The van der Waals surface area contributed by atoms with Crippen molar-refractivity contribution in [3.8, 4) is 5.75 Å². The summed E-state index contributed by atoms with van der Waals surface area (Å²) in [6, 6.07) is 8.86. The molecule has 4 heteroatoms. The Bertz CT molecular complexity index is 529. The first-order valence-corrected chi connectivity index (χ1v) is 5.73. The van der Waals surface area contributed by atoms with Crippen LogP contribution in [0.3, 0.4) is 0 Å². The summed E-state index contributed by atoms with van der Waals surface area (Å²) in [7, 11) is 0. The molecule has 0 aliphatic rings. The van der Waals surface area contributed by atoms with Gasteiger partial charge in [-0.3, -0.25) is 4.98 Å². The molecular weight excluding hydrogens is 231 g/mol. The first kappa shape index (κ1) is 12.5. The third-order valence-electron chi connectivity index (χ3n) is 2.57. The summed E-state index contributed by atoms with van der Waals surface area (Å²) in [4.78, 5) is 3.77. The van der Waals surface area contributed by atoms with Crippen LogP contribution in [0.2, 0.25) is 0 Å². The highest BCUT2D eigenvalue weighted by atomic mass is 19.1. The van der Waals surface area contributed by atoms with Crippen LogP contribution in [0.1, 0.15) is 24.1 Å². The predicted molar refractivity (Wildman–Crippen MR) is 67.6 cm³/mol. The van der Waals surface area contributed by atoms with Crippen molar-refractivity contribution in [2.75, 3.05) is 0 Å². The summed E-state index contributed by atoms with van der Waals surface area (Å²) in [6.07, 6.45) is 2.75. The Morgan fingerprint density at radius 1 is 1.33 bits per heavy atom.